The fourth-order valence-corrected chi connectivity index (χ4v) is 3.11. The number of ether oxygens (including phenoxy) is 1. The van der Waals surface area contributed by atoms with Crippen LogP contribution in [0.25, 0.3) is 0 Å². The molecule has 0 spiro atoms. The minimum atomic E-state index is 0. The minimum absolute atomic E-state index is 0. The van der Waals surface area contributed by atoms with Crippen molar-refractivity contribution in [3.63, 3.8) is 0 Å². The molecule has 3 rings (SSSR count). The van der Waals surface area contributed by atoms with Crippen LogP contribution in [0.1, 0.15) is 17.1 Å². The van der Waals surface area contributed by atoms with Crippen LogP contribution in [0, 0.1) is 5.92 Å². The van der Waals surface area contributed by atoms with Crippen LogP contribution in [0.2, 0.25) is 0 Å². The van der Waals surface area contributed by atoms with Crippen LogP contribution in [0.5, 0.6) is 0 Å². The van der Waals surface area contributed by atoms with E-state index in [1.165, 1.54) is 4.88 Å². The first-order valence-electron chi connectivity index (χ1n) is 8.05. The molecule has 2 N–H and O–H groups in total. The number of rotatable bonds is 7. The van der Waals surface area contributed by atoms with Gasteiger partial charge >= 0.3 is 0 Å². The molecule has 0 radical (unpaired) electrons. The molecule has 1 unspecified atom stereocenters. The van der Waals surface area contributed by atoms with Gasteiger partial charge in [0.1, 0.15) is 5.76 Å². The van der Waals surface area contributed by atoms with E-state index in [1.54, 1.807) is 17.6 Å². The summed E-state index contributed by atoms with van der Waals surface area (Å²) < 4.78 is 10.8. The average molecular weight is 461 g/mol. The predicted molar refractivity (Wildman–Crippen MR) is 108 cm³/mol. The Hall–Kier alpha value is -1.06. The van der Waals surface area contributed by atoms with Crippen molar-refractivity contribution < 1.29 is 9.15 Å². The monoisotopic (exact) mass is 461 g/mol. The highest BCUT2D eigenvalue weighted by Crippen LogP contribution is 2.11. The molecule has 1 saturated heterocycles. The summed E-state index contributed by atoms with van der Waals surface area (Å²) in [5.41, 5.74) is 0. The molecule has 7 heteroatoms. The van der Waals surface area contributed by atoms with Crippen molar-refractivity contribution in [2.75, 3.05) is 26.3 Å². The molecule has 0 saturated carbocycles. The van der Waals surface area contributed by atoms with Crippen LogP contribution in [0.15, 0.2) is 45.3 Å². The standard InChI is InChI=1S/C17H23N3O2S.HI/c1-3-15(22-8-1)5-7-18-17(19-11-14-6-9-21-13-14)20-12-16-4-2-10-23-16;/h1-4,8,10,14H,5-7,9,11-13H2,(H2,18,19,20);1H. The second kappa shape index (κ2) is 10.7. The van der Waals surface area contributed by atoms with Gasteiger partial charge in [0.05, 0.1) is 19.4 Å². The molecule has 1 fully saturated rings. The van der Waals surface area contributed by atoms with Crippen molar-refractivity contribution in [1.82, 2.24) is 10.6 Å². The summed E-state index contributed by atoms with van der Waals surface area (Å²) >= 11 is 1.73. The third kappa shape index (κ3) is 6.45. The molecular formula is C17H24IN3O2S. The van der Waals surface area contributed by atoms with Crippen LogP contribution in [-0.4, -0.2) is 32.3 Å². The van der Waals surface area contributed by atoms with E-state index in [1.807, 2.05) is 12.1 Å². The third-order valence-corrected chi connectivity index (χ3v) is 4.66. The van der Waals surface area contributed by atoms with Crippen molar-refractivity contribution in [3.05, 3.63) is 46.5 Å². The second-order valence-electron chi connectivity index (χ2n) is 5.61. The molecular weight excluding hydrogens is 437 g/mol. The van der Waals surface area contributed by atoms with Gasteiger partial charge in [0.2, 0.25) is 0 Å². The summed E-state index contributed by atoms with van der Waals surface area (Å²) in [5, 5.41) is 8.91. The summed E-state index contributed by atoms with van der Waals surface area (Å²) in [6.45, 7) is 4.12. The van der Waals surface area contributed by atoms with Gasteiger partial charge in [0.25, 0.3) is 0 Å². The average Bonchev–Trinajstić information content (AvgIpc) is 3.33. The highest BCUT2D eigenvalue weighted by molar-refractivity contribution is 14.0. The Morgan fingerprint density at radius 1 is 1.29 bits per heavy atom. The topological polar surface area (TPSA) is 58.8 Å². The van der Waals surface area contributed by atoms with E-state index in [4.69, 9.17) is 9.15 Å². The first-order valence-corrected chi connectivity index (χ1v) is 8.93. The summed E-state index contributed by atoms with van der Waals surface area (Å²) in [7, 11) is 0. The van der Waals surface area contributed by atoms with E-state index in [9.17, 15) is 0 Å². The molecule has 1 atom stereocenters. The van der Waals surface area contributed by atoms with Crippen LogP contribution >= 0.6 is 35.3 Å². The summed E-state index contributed by atoms with van der Waals surface area (Å²) in [5.74, 6) is 2.42. The SMILES string of the molecule is I.c1coc(CCNC(=NCc2cccs2)NCC2CCOC2)c1. The van der Waals surface area contributed by atoms with E-state index < -0.39 is 0 Å². The van der Waals surface area contributed by atoms with Crippen LogP contribution in [0.4, 0.5) is 0 Å². The molecule has 0 aromatic carbocycles. The molecule has 132 valence electrons. The van der Waals surface area contributed by atoms with Gasteiger partial charge < -0.3 is 19.8 Å². The molecule has 0 aliphatic carbocycles. The van der Waals surface area contributed by atoms with E-state index in [-0.39, 0.29) is 24.0 Å². The van der Waals surface area contributed by atoms with Gasteiger partial charge in [0.15, 0.2) is 5.96 Å². The highest BCUT2D eigenvalue weighted by Gasteiger charge is 2.15. The van der Waals surface area contributed by atoms with Gasteiger partial charge in [-0.25, -0.2) is 4.99 Å². The number of thiophene rings is 1. The number of nitrogens with zero attached hydrogens (tertiary/aromatic N) is 1. The first-order chi connectivity index (χ1) is 11.4. The Morgan fingerprint density at radius 2 is 2.25 bits per heavy atom. The van der Waals surface area contributed by atoms with E-state index in [2.05, 4.69) is 33.1 Å². The van der Waals surface area contributed by atoms with E-state index in [0.717, 1.165) is 50.9 Å². The summed E-state index contributed by atoms with van der Waals surface area (Å²) in [6.07, 6.45) is 3.68. The zero-order valence-electron chi connectivity index (χ0n) is 13.6. The lowest BCUT2D eigenvalue weighted by Crippen LogP contribution is -2.40. The van der Waals surface area contributed by atoms with Crippen molar-refractivity contribution in [1.29, 1.82) is 0 Å². The fraction of sp³-hybridized carbons (Fsp3) is 0.471. The van der Waals surface area contributed by atoms with Gasteiger partial charge in [-0.2, -0.15) is 0 Å². The minimum Gasteiger partial charge on any atom is -0.469 e. The van der Waals surface area contributed by atoms with Gasteiger partial charge in [-0.05, 0) is 30.0 Å². The molecule has 2 aromatic heterocycles. The Morgan fingerprint density at radius 3 is 2.96 bits per heavy atom. The number of nitrogens with one attached hydrogen (secondary N) is 2. The first kappa shape index (κ1) is 19.3. The Bertz CT molecular complexity index is 581. The van der Waals surface area contributed by atoms with Crippen molar-refractivity contribution in [2.45, 2.75) is 19.4 Å². The number of aliphatic imine (C=N–C) groups is 1. The molecule has 24 heavy (non-hydrogen) atoms. The highest BCUT2D eigenvalue weighted by atomic mass is 127. The maximum atomic E-state index is 5.43. The second-order valence-corrected chi connectivity index (χ2v) is 6.64. The van der Waals surface area contributed by atoms with Crippen molar-refractivity contribution in [2.24, 2.45) is 10.9 Å². The zero-order chi connectivity index (χ0) is 15.7. The van der Waals surface area contributed by atoms with Crippen LogP contribution in [-0.2, 0) is 17.7 Å². The summed E-state index contributed by atoms with van der Waals surface area (Å²) in [6, 6.07) is 8.08. The lowest BCUT2D eigenvalue weighted by molar-refractivity contribution is 0.186. The number of furan rings is 1. The molecule has 1 aliphatic heterocycles. The molecule has 5 nitrogen and oxygen atoms in total. The Balaban J connectivity index is 0.00000208. The number of halogens is 1. The van der Waals surface area contributed by atoms with Crippen LogP contribution < -0.4 is 10.6 Å². The Kier molecular flexibility index (Phi) is 8.62. The number of hydrogen-bond donors (Lipinski definition) is 2. The van der Waals surface area contributed by atoms with Gasteiger partial charge in [0, 0.05) is 36.9 Å². The van der Waals surface area contributed by atoms with Crippen LogP contribution in [0.3, 0.4) is 0 Å². The van der Waals surface area contributed by atoms with Gasteiger partial charge in [-0.15, -0.1) is 35.3 Å². The largest absolute Gasteiger partial charge is 0.469 e. The molecule has 2 aromatic rings. The number of guanidine groups is 1. The zero-order valence-corrected chi connectivity index (χ0v) is 16.7. The number of hydrogen-bond acceptors (Lipinski definition) is 4. The van der Waals surface area contributed by atoms with Gasteiger partial charge in [-0.3, -0.25) is 0 Å². The lowest BCUT2D eigenvalue weighted by Gasteiger charge is -2.14. The molecule has 0 bridgehead atoms. The van der Waals surface area contributed by atoms with E-state index in [0.29, 0.717) is 12.5 Å². The van der Waals surface area contributed by atoms with Gasteiger partial charge in [-0.1, -0.05) is 6.07 Å². The third-order valence-electron chi connectivity index (χ3n) is 3.80. The quantitative estimate of drug-likeness (QED) is 0.378. The molecule has 1 aliphatic rings. The lowest BCUT2D eigenvalue weighted by atomic mass is 10.1. The smallest absolute Gasteiger partial charge is 0.191 e. The van der Waals surface area contributed by atoms with E-state index >= 15 is 0 Å². The maximum absolute atomic E-state index is 5.43. The summed E-state index contributed by atoms with van der Waals surface area (Å²) in [4.78, 5) is 5.94. The predicted octanol–water partition coefficient (Wildman–Crippen LogP) is 3.27. The maximum Gasteiger partial charge on any atom is 0.191 e. The van der Waals surface area contributed by atoms with Crippen molar-refractivity contribution in [3.8, 4) is 0 Å². The Labute approximate surface area is 163 Å². The fourth-order valence-electron chi connectivity index (χ4n) is 2.48. The molecule has 0 amide bonds. The molecule has 3 heterocycles. The normalized spacial score (nSPS) is 17.5. The van der Waals surface area contributed by atoms with Crippen molar-refractivity contribution >= 4 is 41.3 Å².